The third-order valence-electron chi connectivity index (χ3n) is 4.10. The molecule has 1 aliphatic rings. The van der Waals surface area contributed by atoms with E-state index in [0.717, 1.165) is 35.6 Å². The number of amides is 1. The van der Waals surface area contributed by atoms with E-state index in [1.165, 1.54) is 0 Å². The molecule has 0 spiro atoms. The minimum absolute atomic E-state index is 0.359. The summed E-state index contributed by atoms with van der Waals surface area (Å²) in [4.78, 5) is 24.6. The summed E-state index contributed by atoms with van der Waals surface area (Å²) in [5.74, 6) is 0.0121. The summed E-state index contributed by atoms with van der Waals surface area (Å²) in [5, 5.41) is 7.41. The third kappa shape index (κ3) is 4.20. The normalized spacial score (nSPS) is 13.4. The lowest BCUT2D eigenvalue weighted by molar-refractivity contribution is -0.119. The Morgan fingerprint density at radius 3 is 2.67 bits per heavy atom. The Bertz CT molecular complexity index is 979. The highest BCUT2D eigenvalue weighted by Gasteiger charge is 2.28. The molecule has 1 aromatic carbocycles. The molecular formula is C19H16ClN3O3S. The molecule has 0 unspecified atom stereocenters. The molecule has 8 heteroatoms. The number of para-hydroxylation sites is 1. The standard InChI is InChI=1S/C19H16ClN3O3S/c20-16-9-8-15(27-16)19(25)26-11-18(24)21-17-10-14(12-6-7-12)22-23(17)13-4-2-1-3-5-13/h1-5,8-10,12H,6-7,11H2,(H,21,24). The summed E-state index contributed by atoms with van der Waals surface area (Å²) in [6.07, 6.45) is 2.22. The lowest BCUT2D eigenvalue weighted by Gasteiger charge is -2.09. The van der Waals surface area contributed by atoms with Crippen molar-refractivity contribution < 1.29 is 14.3 Å². The molecule has 6 nitrogen and oxygen atoms in total. The number of benzene rings is 1. The van der Waals surface area contributed by atoms with Gasteiger partial charge in [0.1, 0.15) is 10.7 Å². The maximum Gasteiger partial charge on any atom is 0.348 e. The van der Waals surface area contributed by atoms with Crippen LogP contribution < -0.4 is 5.32 Å². The van der Waals surface area contributed by atoms with Crippen LogP contribution in [0.25, 0.3) is 5.69 Å². The second-order valence-electron chi connectivity index (χ2n) is 6.20. The number of ether oxygens (including phenoxy) is 1. The molecule has 2 aromatic heterocycles. The molecule has 0 aliphatic heterocycles. The number of thiophene rings is 1. The second kappa shape index (κ2) is 7.54. The summed E-state index contributed by atoms with van der Waals surface area (Å²) >= 11 is 6.91. The fraction of sp³-hybridized carbons (Fsp3) is 0.211. The zero-order chi connectivity index (χ0) is 18.8. The van der Waals surface area contributed by atoms with E-state index in [1.807, 2.05) is 36.4 Å². The molecule has 138 valence electrons. The fourth-order valence-electron chi connectivity index (χ4n) is 2.64. The molecule has 0 atom stereocenters. The van der Waals surface area contributed by atoms with Crippen molar-refractivity contribution in [2.24, 2.45) is 0 Å². The quantitative estimate of drug-likeness (QED) is 0.626. The number of carbonyl (C=O) groups excluding carboxylic acids is 2. The Hall–Kier alpha value is -2.64. The van der Waals surface area contributed by atoms with E-state index in [2.05, 4.69) is 10.4 Å². The Morgan fingerprint density at radius 2 is 2.00 bits per heavy atom. The fourth-order valence-corrected chi connectivity index (χ4v) is 3.58. The predicted octanol–water partition coefficient (Wildman–Crippen LogP) is 4.26. The first-order chi connectivity index (χ1) is 13.1. The second-order valence-corrected chi connectivity index (χ2v) is 7.92. The van der Waals surface area contributed by atoms with Crippen molar-refractivity contribution in [2.45, 2.75) is 18.8 Å². The number of nitrogens with zero attached hydrogens (tertiary/aromatic N) is 2. The zero-order valence-corrected chi connectivity index (χ0v) is 15.8. The van der Waals surface area contributed by atoms with Crippen LogP contribution in [0.1, 0.15) is 34.1 Å². The van der Waals surface area contributed by atoms with Gasteiger partial charge in [0.05, 0.1) is 15.7 Å². The van der Waals surface area contributed by atoms with Gasteiger partial charge in [0.15, 0.2) is 6.61 Å². The highest BCUT2D eigenvalue weighted by atomic mass is 35.5. The monoisotopic (exact) mass is 401 g/mol. The minimum atomic E-state index is -0.572. The minimum Gasteiger partial charge on any atom is -0.451 e. The van der Waals surface area contributed by atoms with Gasteiger partial charge in [-0.2, -0.15) is 5.10 Å². The first-order valence-corrected chi connectivity index (χ1v) is 9.67. The lowest BCUT2D eigenvalue weighted by atomic mass is 10.3. The number of halogens is 1. The van der Waals surface area contributed by atoms with Crippen LogP contribution in [-0.2, 0) is 9.53 Å². The smallest absolute Gasteiger partial charge is 0.348 e. The molecule has 3 aromatic rings. The predicted molar refractivity (Wildman–Crippen MR) is 104 cm³/mol. The Labute approximate surface area is 164 Å². The molecule has 1 N–H and O–H groups in total. The number of carbonyl (C=O) groups is 2. The number of hydrogen-bond donors (Lipinski definition) is 1. The van der Waals surface area contributed by atoms with E-state index in [1.54, 1.807) is 16.8 Å². The van der Waals surface area contributed by atoms with Gasteiger partial charge in [-0.3, -0.25) is 4.79 Å². The molecule has 4 rings (SSSR count). The van der Waals surface area contributed by atoms with E-state index < -0.39 is 11.9 Å². The maximum atomic E-state index is 12.3. The number of rotatable bonds is 6. The zero-order valence-electron chi connectivity index (χ0n) is 14.2. The van der Waals surface area contributed by atoms with Crippen molar-refractivity contribution in [1.29, 1.82) is 0 Å². The van der Waals surface area contributed by atoms with Crippen molar-refractivity contribution in [2.75, 3.05) is 11.9 Å². The largest absolute Gasteiger partial charge is 0.451 e. The van der Waals surface area contributed by atoms with Crippen LogP contribution in [0.4, 0.5) is 5.82 Å². The van der Waals surface area contributed by atoms with Gasteiger partial charge in [0.25, 0.3) is 5.91 Å². The number of anilines is 1. The van der Waals surface area contributed by atoms with E-state index in [-0.39, 0.29) is 6.61 Å². The number of aromatic nitrogens is 2. The number of hydrogen-bond acceptors (Lipinski definition) is 5. The first kappa shape index (κ1) is 17.8. The van der Waals surface area contributed by atoms with Gasteiger partial charge < -0.3 is 10.1 Å². The Kier molecular flexibility index (Phi) is 4.96. The van der Waals surface area contributed by atoms with Crippen molar-refractivity contribution in [3.05, 3.63) is 63.4 Å². The van der Waals surface area contributed by atoms with Crippen molar-refractivity contribution in [3.63, 3.8) is 0 Å². The summed E-state index contributed by atoms with van der Waals surface area (Å²) in [6, 6.07) is 14.6. The molecule has 1 fully saturated rings. The van der Waals surface area contributed by atoms with E-state index in [4.69, 9.17) is 16.3 Å². The van der Waals surface area contributed by atoms with Gasteiger partial charge >= 0.3 is 5.97 Å². The SMILES string of the molecule is O=C(COC(=O)c1ccc(Cl)s1)Nc1cc(C2CC2)nn1-c1ccccc1. The average molecular weight is 402 g/mol. The van der Waals surface area contributed by atoms with Crippen molar-refractivity contribution in [3.8, 4) is 5.69 Å². The maximum absolute atomic E-state index is 12.3. The van der Waals surface area contributed by atoms with Gasteiger partial charge in [-0.15, -0.1) is 11.3 Å². The van der Waals surface area contributed by atoms with Crippen molar-refractivity contribution in [1.82, 2.24) is 9.78 Å². The lowest BCUT2D eigenvalue weighted by Crippen LogP contribution is -2.22. The number of nitrogens with one attached hydrogen (secondary N) is 1. The van der Waals surface area contributed by atoms with Crippen LogP contribution in [0.5, 0.6) is 0 Å². The van der Waals surface area contributed by atoms with Crippen LogP contribution in [0, 0.1) is 0 Å². The van der Waals surface area contributed by atoms with Crippen LogP contribution in [0.15, 0.2) is 48.5 Å². The highest BCUT2D eigenvalue weighted by Crippen LogP contribution is 2.40. The Balaban J connectivity index is 1.45. The molecule has 27 heavy (non-hydrogen) atoms. The number of esters is 1. The topological polar surface area (TPSA) is 73.2 Å². The van der Waals surface area contributed by atoms with Gasteiger partial charge in [-0.05, 0) is 37.1 Å². The summed E-state index contributed by atoms with van der Waals surface area (Å²) in [6.45, 7) is -0.382. The summed E-state index contributed by atoms with van der Waals surface area (Å²) < 4.78 is 7.25. The molecule has 1 aliphatic carbocycles. The van der Waals surface area contributed by atoms with Gasteiger partial charge in [-0.1, -0.05) is 29.8 Å². The first-order valence-electron chi connectivity index (χ1n) is 8.48. The van der Waals surface area contributed by atoms with Crippen LogP contribution in [0.3, 0.4) is 0 Å². The molecule has 1 saturated carbocycles. The molecule has 0 radical (unpaired) electrons. The highest BCUT2D eigenvalue weighted by molar-refractivity contribution is 7.17. The molecular weight excluding hydrogens is 386 g/mol. The Morgan fingerprint density at radius 1 is 1.22 bits per heavy atom. The summed E-state index contributed by atoms with van der Waals surface area (Å²) in [7, 11) is 0. The van der Waals surface area contributed by atoms with E-state index in [0.29, 0.717) is 20.9 Å². The molecule has 1 amide bonds. The van der Waals surface area contributed by atoms with E-state index in [9.17, 15) is 9.59 Å². The van der Waals surface area contributed by atoms with Crippen LogP contribution >= 0.6 is 22.9 Å². The van der Waals surface area contributed by atoms with Crippen LogP contribution in [0.2, 0.25) is 4.34 Å². The van der Waals surface area contributed by atoms with Gasteiger partial charge in [-0.25, -0.2) is 9.48 Å². The van der Waals surface area contributed by atoms with Crippen LogP contribution in [-0.4, -0.2) is 28.3 Å². The van der Waals surface area contributed by atoms with Gasteiger partial charge in [0.2, 0.25) is 0 Å². The molecule has 2 heterocycles. The van der Waals surface area contributed by atoms with Crippen molar-refractivity contribution >= 4 is 40.6 Å². The van der Waals surface area contributed by atoms with Gasteiger partial charge in [0, 0.05) is 12.0 Å². The molecule has 0 saturated heterocycles. The average Bonchev–Trinajstić information content (AvgIpc) is 3.30. The third-order valence-corrected chi connectivity index (χ3v) is 5.31. The summed E-state index contributed by atoms with van der Waals surface area (Å²) in [5.41, 5.74) is 1.81. The molecule has 0 bridgehead atoms. The van der Waals surface area contributed by atoms with E-state index >= 15 is 0 Å².